The lowest BCUT2D eigenvalue weighted by Crippen LogP contribution is -2.38. The van der Waals surface area contributed by atoms with Crippen molar-refractivity contribution < 1.29 is 4.74 Å². The maximum atomic E-state index is 6.33. The molecule has 0 bridgehead atoms. The lowest BCUT2D eigenvalue weighted by Gasteiger charge is -2.38. The molecule has 4 atom stereocenters. The molecule has 1 aliphatic carbocycles. The minimum atomic E-state index is 0.524. The van der Waals surface area contributed by atoms with Gasteiger partial charge in [0.2, 0.25) is 0 Å². The van der Waals surface area contributed by atoms with Crippen molar-refractivity contribution in [3.8, 4) is 0 Å². The Morgan fingerprint density at radius 2 is 2.06 bits per heavy atom. The van der Waals surface area contributed by atoms with Gasteiger partial charge in [-0.3, -0.25) is 0 Å². The summed E-state index contributed by atoms with van der Waals surface area (Å²) in [6, 6.07) is 0. The van der Waals surface area contributed by atoms with E-state index in [1.807, 2.05) is 0 Å². The second-order valence-corrected chi connectivity index (χ2v) is 6.91. The van der Waals surface area contributed by atoms with E-state index in [2.05, 4.69) is 26.1 Å². The van der Waals surface area contributed by atoms with E-state index < -0.39 is 0 Å². The highest BCUT2D eigenvalue weighted by molar-refractivity contribution is 4.82. The third kappa shape index (κ3) is 3.96. The van der Waals surface area contributed by atoms with Crippen molar-refractivity contribution in [2.24, 2.45) is 23.7 Å². The van der Waals surface area contributed by atoms with Gasteiger partial charge in [0.05, 0.1) is 12.7 Å². The first-order valence-corrected chi connectivity index (χ1v) is 7.99. The van der Waals surface area contributed by atoms with Crippen LogP contribution >= 0.6 is 0 Å². The highest BCUT2D eigenvalue weighted by atomic mass is 16.5. The van der Waals surface area contributed by atoms with Crippen molar-refractivity contribution in [1.29, 1.82) is 0 Å². The van der Waals surface area contributed by atoms with Gasteiger partial charge in [0.1, 0.15) is 0 Å². The molecule has 0 aromatic carbocycles. The van der Waals surface area contributed by atoms with Gasteiger partial charge in [0, 0.05) is 6.54 Å². The lowest BCUT2D eigenvalue weighted by atomic mass is 9.75. The molecule has 0 spiro atoms. The summed E-state index contributed by atoms with van der Waals surface area (Å²) < 4.78 is 6.33. The van der Waals surface area contributed by atoms with Crippen LogP contribution < -0.4 is 5.32 Å². The van der Waals surface area contributed by atoms with E-state index in [4.69, 9.17) is 4.74 Å². The van der Waals surface area contributed by atoms with Crippen molar-refractivity contribution >= 4 is 0 Å². The summed E-state index contributed by atoms with van der Waals surface area (Å²) in [6.45, 7) is 10.4. The van der Waals surface area contributed by atoms with Crippen LogP contribution in [0.25, 0.3) is 0 Å². The topological polar surface area (TPSA) is 21.3 Å². The van der Waals surface area contributed by atoms with Crippen LogP contribution in [0.3, 0.4) is 0 Å². The minimum absolute atomic E-state index is 0.524. The molecule has 1 aliphatic heterocycles. The van der Waals surface area contributed by atoms with Crippen LogP contribution in [0.2, 0.25) is 0 Å². The number of hydrogen-bond acceptors (Lipinski definition) is 2. The van der Waals surface area contributed by atoms with E-state index in [0.29, 0.717) is 6.10 Å². The number of ether oxygens (including phenoxy) is 1. The molecular formula is C16H31NO. The summed E-state index contributed by atoms with van der Waals surface area (Å²) in [5.74, 6) is 3.17. The molecule has 0 aromatic rings. The van der Waals surface area contributed by atoms with Gasteiger partial charge in [-0.1, -0.05) is 27.2 Å². The largest absolute Gasteiger partial charge is 0.378 e. The molecule has 0 aromatic heterocycles. The first kappa shape index (κ1) is 14.3. The van der Waals surface area contributed by atoms with Gasteiger partial charge in [-0.05, 0) is 55.9 Å². The predicted octanol–water partition coefficient (Wildman–Crippen LogP) is 3.46. The zero-order chi connectivity index (χ0) is 13.0. The highest BCUT2D eigenvalue weighted by Crippen LogP contribution is 2.35. The first-order chi connectivity index (χ1) is 8.66. The Labute approximate surface area is 113 Å². The molecule has 4 unspecified atom stereocenters. The first-order valence-electron chi connectivity index (χ1n) is 7.99. The molecule has 1 heterocycles. The summed E-state index contributed by atoms with van der Waals surface area (Å²) in [6.07, 6.45) is 7.24. The number of hydrogen-bond donors (Lipinski definition) is 1. The van der Waals surface area contributed by atoms with Crippen molar-refractivity contribution in [1.82, 2.24) is 5.32 Å². The molecule has 0 amide bonds. The predicted molar refractivity (Wildman–Crippen MR) is 76.7 cm³/mol. The standard InChI is InChI=1S/C16H31NO/c1-12(2)15-7-6-13(3)9-16(15)18-11-14-5-4-8-17-10-14/h12-17H,4-11H2,1-3H3. The molecule has 2 aliphatic rings. The quantitative estimate of drug-likeness (QED) is 0.828. The minimum Gasteiger partial charge on any atom is -0.378 e. The molecule has 106 valence electrons. The van der Waals surface area contributed by atoms with Gasteiger partial charge in [0.25, 0.3) is 0 Å². The van der Waals surface area contributed by atoms with Crippen molar-refractivity contribution in [3.63, 3.8) is 0 Å². The van der Waals surface area contributed by atoms with E-state index in [-0.39, 0.29) is 0 Å². The molecule has 2 rings (SSSR count). The Morgan fingerprint density at radius 1 is 1.22 bits per heavy atom. The maximum Gasteiger partial charge on any atom is 0.0608 e. The van der Waals surface area contributed by atoms with Crippen LogP contribution in [0.5, 0.6) is 0 Å². The van der Waals surface area contributed by atoms with Gasteiger partial charge in [-0.2, -0.15) is 0 Å². The van der Waals surface area contributed by atoms with Gasteiger partial charge < -0.3 is 10.1 Å². The summed E-state index contributed by atoms with van der Waals surface area (Å²) >= 11 is 0. The fourth-order valence-corrected chi connectivity index (χ4v) is 3.63. The van der Waals surface area contributed by atoms with E-state index >= 15 is 0 Å². The average molecular weight is 253 g/mol. The fourth-order valence-electron chi connectivity index (χ4n) is 3.63. The Kier molecular flexibility index (Phi) is 5.50. The number of rotatable bonds is 4. The molecule has 2 nitrogen and oxygen atoms in total. The van der Waals surface area contributed by atoms with E-state index in [1.54, 1.807) is 0 Å². The van der Waals surface area contributed by atoms with Crippen LogP contribution in [0.4, 0.5) is 0 Å². The van der Waals surface area contributed by atoms with Crippen molar-refractivity contribution in [2.75, 3.05) is 19.7 Å². The van der Waals surface area contributed by atoms with Gasteiger partial charge in [-0.15, -0.1) is 0 Å². The van der Waals surface area contributed by atoms with Crippen LogP contribution in [-0.4, -0.2) is 25.8 Å². The van der Waals surface area contributed by atoms with Crippen molar-refractivity contribution in [3.05, 3.63) is 0 Å². The molecule has 1 N–H and O–H groups in total. The SMILES string of the molecule is CC1CCC(C(C)C)C(OCC2CCCNC2)C1. The Morgan fingerprint density at radius 3 is 2.72 bits per heavy atom. The second kappa shape index (κ2) is 6.91. The Balaban J connectivity index is 1.80. The molecule has 1 saturated heterocycles. The normalized spacial score (nSPS) is 38.0. The maximum absolute atomic E-state index is 6.33. The summed E-state index contributed by atoms with van der Waals surface area (Å²) in [4.78, 5) is 0. The second-order valence-electron chi connectivity index (χ2n) is 6.91. The molecule has 2 heteroatoms. The average Bonchev–Trinajstić information content (AvgIpc) is 2.37. The monoisotopic (exact) mass is 253 g/mol. The van der Waals surface area contributed by atoms with Crippen molar-refractivity contribution in [2.45, 2.75) is 59.0 Å². The Bertz CT molecular complexity index is 235. The van der Waals surface area contributed by atoms with E-state index in [9.17, 15) is 0 Å². The third-order valence-corrected chi connectivity index (χ3v) is 4.91. The van der Waals surface area contributed by atoms with E-state index in [0.717, 1.165) is 36.8 Å². The van der Waals surface area contributed by atoms with Crippen LogP contribution in [0.15, 0.2) is 0 Å². The number of nitrogens with one attached hydrogen (secondary N) is 1. The summed E-state index contributed by atoms with van der Waals surface area (Å²) in [5, 5.41) is 3.49. The molecule has 1 saturated carbocycles. The zero-order valence-corrected chi connectivity index (χ0v) is 12.5. The Hall–Kier alpha value is -0.0800. The molecule has 18 heavy (non-hydrogen) atoms. The number of piperidine rings is 1. The van der Waals surface area contributed by atoms with Crippen LogP contribution in [0, 0.1) is 23.7 Å². The van der Waals surface area contributed by atoms with Gasteiger partial charge >= 0.3 is 0 Å². The molecule has 2 fully saturated rings. The smallest absolute Gasteiger partial charge is 0.0608 e. The van der Waals surface area contributed by atoms with E-state index in [1.165, 1.54) is 38.6 Å². The fraction of sp³-hybridized carbons (Fsp3) is 1.00. The third-order valence-electron chi connectivity index (χ3n) is 4.91. The lowest BCUT2D eigenvalue weighted by molar-refractivity contribution is -0.0534. The van der Waals surface area contributed by atoms with Crippen LogP contribution in [0.1, 0.15) is 52.9 Å². The summed E-state index contributed by atoms with van der Waals surface area (Å²) in [5.41, 5.74) is 0. The van der Waals surface area contributed by atoms with Gasteiger partial charge in [0.15, 0.2) is 0 Å². The summed E-state index contributed by atoms with van der Waals surface area (Å²) in [7, 11) is 0. The zero-order valence-electron chi connectivity index (χ0n) is 12.5. The molecular weight excluding hydrogens is 222 g/mol. The van der Waals surface area contributed by atoms with Gasteiger partial charge in [-0.25, -0.2) is 0 Å². The van der Waals surface area contributed by atoms with Crippen LogP contribution in [-0.2, 0) is 4.74 Å². The highest BCUT2D eigenvalue weighted by Gasteiger charge is 2.31. The molecule has 0 radical (unpaired) electrons.